The molecule has 3 fully saturated rings. The fraction of sp³-hybridized carbons (Fsp3) is 0.760. The van der Waals surface area contributed by atoms with Gasteiger partial charge in [-0.05, 0) is 72.7 Å². The maximum absolute atomic E-state index is 13.2. The topological polar surface area (TPSA) is 75.4 Å². The van der Waals surface area contributed by atoms with Crippen LogP contribution in [0, 0.1) is 39.9 Å². The van der Waals surface area contributed by atoms with Crippen molar-refractivity contribution in [2.45, 2.75) is 79.2 Å². The average Bonchev–Trinajstić information content (AvgIpc) is 3.14. The van der Waals surface area contributed by atoms with Crippen molar-refractivity contribution in [2.75, 3.05) is 0 Å². The van der Waals surface area contributed by atoms with Gasteiger partial charge in [0.1, 0.15) is 11.5 Å². The number of aromatic nitrogens is 2. The van der Waals surface area contributed by atoms with E-state index in [1.54, 1.807) is 6.20 Å². The molecule has 5 nitrogen and oxygen atoms in total. The Bertz CT molecular complexity index is 935. The normalized spacial score (nSPS) is 47.0. The van der Waals surface area contributed by atoms with Crippen LogP contribution in [0.25, 0.3) is 6.08 Å². The summed E-state index contributed by atoms with van der Waals surface area (Å²) in [6, 6.07) is 0. The Morgan fingerprint density at radius 3 is 2.77 bits per heavy atom. The van der Waals surface area contributed by atoms with Gasteiger partial charge in [0.25, 0.3) is 0 Å². The van der Waals surface area contributed by atoms with Gasteiger partial charge in [0, 0.05) is 17.4 Å². The number of allylic oxidation sites excluding steroid dienone is 1. The van der Waals surface area contributed by atoms with Crippen LogP contribution in [0.3, 0.4) is 0 Å². The zero-order chi connectivity index (χ0) is 21.6. The van der Waals surface area contributed by atoms with Crippen molar-refractivity contribution >= 4 is 11.9 Å². The van der Waals surface area contributed by atoms with Crippen LogP contribution in [-0.4, -0.2) is 32.1 Å². The molecule has 4 aliphatic rings. The lowest BCUT2D eigenvalue weighted by Gasteiger charge is -2.61. The van der Waals surface area contributed by atoms with Crippen molar-refractivity contribution in [1.29, 1.82) is 0 Å². The van der Waals surface area contributed by atoms with E-state index >= 15 is 0 Å². The van der Waals surface area contributed by atoms with Gasteiger partial charge in [-0.2, -0.15) is 0 Å². The van der Waals surface area contributed by atoms with Crippen LogP contribution in [0.2, 0.25) is 0 Å². The van der Waals surface area contributed by atoms with Gasteiger partial charge < -0.3 is 10.3 Å². The molecule has 2 N–H and O–H groups in total. The van der Waals surface area contributed by atoms with Gasteiger partial charge in [0.05, 0.1) is 12.3 Å². The molecule has 0 aromatic carbocycles. The van der Waals surface area contributed by atoms with Gasteiger partial charge in [0.2, 0.25) is 0 Å². The van der Waals surface area contributed by atoms with Crippen molar-refractivity contribution < 1.29 is 15.1 Å². The Morgan fingerprint density at radius 1 is 1.33 bits per heavy atom. The van der Waals surface area contributed by atoms with E-state index in [1.165, 1.54) is 5.57 Å². The summed E-state index contributed by atoms with van der Waals surface area (Å²) in [5.74, 6) is 1.81. The molecular formula is C25H36N2O3. The Labute approximate surface area is 179 Å². The molecule has 0 bridgehead atoms. The van der Waals surface area contributed by atoms with E-state index in [9.17, 15) is 15.1 Å². The first-order valence-electron chi connectivity index (χ1n) is 11.8. The number of ketones is 1. The lowest BCUT2D eigenvalue weighted by atomic mass is 9.44. The molecule has 0 unspecified atom stereocenters. The fourth-order valence-corrected chi connectivity index (χ4v) is 8.69. The van der Waals surface area contributed by atoms with Gasteiger partial charge in [-0.15, -0.1) is 9.94 Å². The van der Waals surface area contributed by atoms with Crippen LogP contribution in [0.1, 0.15) is 78.0 Å². The van der Waals surface area contributed by atoms with Gasteiger partial charge >= 0.3 is 0 Å². The molecule has 5 heteroatoms. The minimum atomic E-state index is -0.412. The molecule has 0 aliphatic heterocycles. The molecule has 1 aromatic heterocycles. The Hall–Kier alpha value is -1.62. The molecule has 1 heterocycles. The fourth-order valence-electron chi connectivity index (χ4n) is 8.69. The number of aliphatic hydroxyl groups excluding tert-OH is 1. The van der Waals surface area contributed by atoms with Gasteiger partial charge in [-0.1, -0.05) is 40.2 Å². The summed E-state index contributed by atoms with van der Waals surface area (Å²) < 4.78 is 0. The van der Waals surface area contributed by atoms with E-state index in [4.69, 9.17) is 0 Å². The van der Waals surface area contributed by atoms with E-state index in [1.807, 2.05) is 6.92 Å². The third-order valence-electron chi connectivity index (χ3n) is 10.5. The molecule has 164 valence electrons. The second-order valence-electron chi connectivity index (χ2n) is 11.3. The molecule has 0 spiro atoms. The molecule has 30 heavy (non-hydrogen) atoms. The van der Waals surface area contributed by atoms with Gasteiger partial charge in [-0.25, -0.2) is 0 Å². The second kappa shape index (κ2) is 6.21. The van der Waals surface area contributed by atoms with Crippen LogP contribution in [0.15, 0.2) is 11.8 Å². The quantitative estimate of drug-likeness (QED) is 0.701. The highest BCUT2D eigenvalue weighted by Gasteiger charge is 2.68. The largest absolute Gasteiger partial charge is 0.411 e. The molecule has 3 saturated carbocycles. The maximum Gasteiger partial charge on any atom is 0.139 e. The minimum Gasteiger partial charge on any atom is -0.411 e. The molecule has 1 aromatic rings. The van der Waals surface area contributed by atoms with Crippen molar-refractivity contribution in [2.24, 2.45) is 39.9 Å². The summed E-state index contributed by atoms with van der Waals surface area (Å²) in [6.07, 6.45) is 8.71. The average molecular weight is 413 g/mol. The summed E-state index contributed by atoms with van der Waals surface area (Å²) in [5, 5.41) is 25.8. The number of hydrogen-bond donors (Lipinski definition) is 2. The number of fused-ring (bicyclic) bond motifs is 6. The van der Waals surface area contributed by atoms with Crippen molar-refractivity contribution in [1.82, 2.24) is 9.94 Å². The first-order chi connectivity index (χ1) is 14.1. The van der Waals surface area contributed by atoms with Crippen molar-refractivity contribution in [3.8, 4) is 0 Å². The smallest absolute Gasteiger partial charge is 0.139 e. The summed E-state index contributed by atoms with van der Waals surface area (Å²) in [6.45, 7) is 11.1. The molecular weight excluding hydrogens is 376 g/mol. The number of Topliss-reactive ketones (excluding diaryl/α,β-unsaturated/α-hetero) is 1. The summed E-state index contributed by atoms with van der Waals surface area (Å²) >= 11 is 0. The Kier molecular flexibility index (Phi) is 4.20. The minimum absolute atomic E-state index is 0.114. The van der Waals surface area contributed by atoms with E-state index in [-0.39, 0.29) is 22.2 Å². The van der Waals surface area contributed by atoms with E-state index in [0.717, 1.165) is 41.8 Å². The Morgan fingerprint density at radius 2 is 2.07 bits per heavy atom. The molecule has 0 saturated heterocycles. The maximum atomic E-state index is 13.2. The number of nitrogens with zero attached hydrogens (tertiary/aromatic N) is 2. The number of hydrogen-bond acceptors (Lipinski definition) is 4. The Balaban J connectivity index is 1.57. The second-order valence-corrected chi connectivity index (χ2v) is 11.3. The van der Waals surface area contributed by atoms with Crippen molar-refractivity contribution in [3.63, 3.8) is 0 Å². The number of carbonyl (C=O) groups is 1. The van der Waals surface area contributed by atoms with Crippen LogP contribution in [0.4, 0.5) is 0 Å². The van der Waals surface area contributed by atoms with Crippen LogP contribution in [0.5, 0.6) is 0 Å². The standard InChI is InChI=1S/C25H36N2O3/c1-6-21(29)25(5)14(2)9-18-17-8-7-16-10-19-15(13-26-27(19)30)11-23(16,3)22(17)20(28)12-24(18,25)4/h10,13-14,17-18,20,22,28,30H,6-9,11-12H2,1-5H3/t14-,17+,18+,20+,22-,23+,24+,25-/m1/s1. The summed E-state index contributed by atoms with van der Waals surface area (Å²) in [5.41, 5.74) is 2.59. The monoisotopic (exact) mass is 412 g/mol. The van der Waals surface area contributed by atoms with Crippen LogP contribution < -0.4 is 0 Å². The number of rotatable bonds is 2. The van der Waals surface area contributed by atoms with Gasteiger partial charge in [-0.3, -0.25) is 4.79 Å². The van der Waals surface area contributed by atoms with Crippen molar-refractivity contribution in [3.05, 3.63) is 23.0 Å². The van der Waals surface area contributed by atoms with E-state index in [0.29, 0.717) is 36.4 Å². The zero-order valence-electron chi connectivity index (χ0n) is 19.0. The highest BCUT2D eigenvalue weighted by Crippen LogP contribution is 2.71. The number of aliphatic hydroxyl groups is 1. The molecule has 0 radical (unpaired) electrons. The molecule has 8 atom stereocenters. The first kappa shape index (κ1) is 20.3. The highest BCUT2D eigenvalue weighted by molar-refractivity contribution is 5.86. The molecule has 5 rings (SSSR count). The molecule has 4 aliphatic carbocycles. The predicted molar refractivity (Wildman–Crippen MR) is 115 cm³/mol. The highest BCUT2D eigenvalue weighted by atomic mass is 16.5. The SMILES string of the molecule is CCC(=O)[C@@]1(C)[C@H](C)C[C@H]2[C@@H]3CCC4=Cc5c(cnn5O)C[C@]4(C)[C@H]3[C@@H](O)C[C@@]21C. The molecule has 0 amide bonds. The van der Waals surface area contributed by atoms with Crippen LogP contribution >= 0.6 is 0 Å². The summed E-state index contributed by atoms with van der Waals surface area (Å²) in [4.78, 5) is 14.2. The summed E-state index contributed by atoms with van der Waals surface area (Å²) in [7, 11) is 0. The zero-order valence-corrected chi connectivity index (χ0v) is 19.0. The third-order valence-corrected chi connectivity index (χ3v) is 10.5. The lowest BCUT2D eigenvalue weighted by Crippen LogP contribution is -2.59. The lowest BCUT2D eigenvalue weighted by molar-refractivity contribution is -0.158. The van der Waals surface area contributed by atoms with E-state index in [2.05, 4.69) is 38.9 Å². The van der Waals surface area contributed by atoms with E-state index < -0.39 is 6.10 Å². The first-order valence-corrected chi connectivity index (χ1v) is 11.8. The van der Waals surface area contributed by atoms with Crippen LogP contribution in [-0.2, 0) is 11.2 Å². The van der Waals surface area contributed by atoms with Gasteiger partial charge in [0.15, 0.2) is 0 Å². The predicted octanol–water partition coefficient (Wildman–Crippen LogP) is 4.50. The number of carbonyl (C=O) groups excluding carboxylic acids is 1. The third kappa shape index (κ3) is 2.23.